The summed E-state index contributed by atoms with van der Waals surface area (Å²) in [6, 6.07) is 6.00. The minimum Gasteiger partial charge on any atom is -0.377 e. The molecule has 3 nitrogen and oxygen atoms in total. The second-order valence-corrected chi connectivity index (χ2v) is 6.07. The first-order valence-electron chi connectivity index (χ1n) is 6.70. The third kappa shape index (κ3) is 2.86. The highest BCUT2D eigenvalue weighted by molar-refractivity contribution is 9.10. The van der Waals surface area contributed by atoms with Gasteiger partial charge in [-0.1, -0.05) is 17.7 Å². The Kier molecular flexibility index (Phi) is 4.76. The topological polar surface area (TPSA) is 29.9 Å². The lowest BCUT2D eigenvalue weighted by Gasteiger charge is -2.18. The van der Waals surface area contributed by atoms with Gasteiger partial charge < -0.3 is 5.32 Å². The molecule has 0 aliphatic rings. The van der Waals surface area contributed by atoms with Gasteiger partial charge in [0.15, 0.2) is 0 Å². The summed E-state index contributed by atoms with van der Waals surface area (Å²) in [7, 11) is 0. The van der Waals surface area contributed by atoms with Gasteiger partial charge in [0.05, 0.1) is 26.9 Å². The molecule has 1 N–H and O–H groups in total. The SMILES string of the molecule is CCn1nc(C)c(C(C)Nc2cccc(Cl)c2Br)c1C. The molecule has 2 aromatic rings. The maximum Gasteiger partial charge on any atom is 0.0649 e. The van der Waals surface area contributed by atoms with Gasteiger partial charge in [-0.2, -0.15) is 5.10 Å². The number of hydrogen-bond donors (Lipinski definition) is 1. The van der Waals surface area contributed by atoms with Crippen LogP contribution in [-0.4, -0.2) is 9.78 Å². The van der Waals surface area contributed by atoms with Crippen molar-refractivity contribution in [3.63, 3.8) is 0 Å². The van der Waals surface area contributed by atoms with Gasteiger partial charge in [-0.25, -0.2) is 0 Å². The zero-order chi connectivity index (χ0) is 14.9. The lowest BCUT2D eigenvalue weighted by Crippen LogP contribution is -2.09. The largest absolute Gasteiger partial charge is 0.377 e. The Morgan fingerprint density at radius 1 is 1.40 bits per heavy atom. The van der Waals surface area contributed by atoms with Gasteiger partial charge in [-0.05, 0) is 55.8 Å². The number of nitrogens with zero attached hydrogens (tertiary/aromatic N) is 2. The molecule has 0 aliphatic heterocycles. The van der Waals surface area contributed by atoms with Gasteiger partial charge in [-0.3, -0.25) is 4.68 Å². The van der Waals surface area contributed by atoms with E-state index in [4.69, 9.17) is 11.6 Å². The van der Waals surface area contributed by atoms with Crippen molar-refractivity contribution < 1.29 is 0 Å². The van der Waals surface area contributed by atoms with Crippen LogP contribution in [0.1, 0.15) is 36.8 Å². The van der Waals surface area contributed by atoms with E-state index in [0.717, 1.165) is 22.4 Å². The molecule has 5 heteroatoms. The van der Waals surface area contributed by atoms with Gasteiger partial charge in [0.25, 0.3) is 0 Å². The number of benzene rings is 1. The highest BCUT2D eigenvalue weighted by Gasteiger charge is 2.17. The molecular weight excluding hydrogens is 338 g/mol. The molecule has 0 fully saturated rings. The van der Waals surface area contributed by atoms with E-state index in [1.54, 1.807) is 0 Å². The normalized spacial score (nSPS) is 12.5. The summed E-state index contributed by atoms with van der Waals surface area (Å²) < 4.78 is 2.93. The number of anilines is 1. The van der Waals surface area contributed by atoms with Gasteiger partial charge in [-0.15, -0.1) is 0 Å². The minimum absolute atomic E-state index is 0.171. The summed E-state index contributed by atoms with van der Waals surface area (Å²) in [4.78, 5) is 0. The van der Waals surface area contributed by atoms with E-state index in [0.29, 0.717) is 5.02 Å². The molecule has 0 bridgehead atoms. The Morgan fingerprint density at radius 3 is 2.70 bits per heavy atom. The molecule has 1 atom stereocenters. The van der Waals surface area contributed by atoms with E-state index < -0.39 is 0 Å². The van der Waals surface area contributed by atoms with Crippen LogP contribution in [0.25, 0.3) is 0 Å². The number of halogens is 2. The van der Waals surface area contributed by atoms with Crippen molar-refractivity contribution >= 4 is 33.2 Å². The second-order valence-electron chi connectivity index (χ2n) is 4.87. The van der Waals surface area contributed by atoms with E-state index in [9.17, 15) is 0 Å². The summed E-state index contributed by atoms with van der Waals surface area (Å²) in [6.45, 7) is 9.31. The molecule has 0 radical (unpaired) electrons. The molecule has 1 aromatic heterocycles. The van der Waals surface area contributed by atoms with Crippen LogP contribution in [0.4, 0.5) is 5.69 Å². The van der Waals surface area contributed by atoms with Crippen molar-refractivity contribution in [2.45, 2.75) is 40.3 Å². The predicted molar refractivity (Wildman–Crippen MR) is 88.6 cm³/mol. The molecule has 20 heavy (non-hydrogen) atoms. The van der Waals surface area contributed by atoms with Crippen LogP contribution in [0.3, 0.4) is 0 Å². The smallest absolute Gasteiger partial charge is 0.0649 e. The Labute approximate surface area is 133 Å². The molecule has 1 unspecified atom stereocenters. The van der Waals surface area contributed by atoms with E-state index in [-0.39, 0.29) is 6.04 Å². The first-order valence-corrected chi connectivity index (χ1v) is 7.87. The molecular formula is C15H19BrClN3. The fourth-order valence-electron chi connectivity index (χ4n) is 2.57. The van der Waals surface area contributed by atoms with Crippen LogP contribution in [0, 0.1) is 13.8 Å². The zero-order valence-electron chi connectivity index (χ0n) is 12.2. The van der Waals surface area contributed by atoms with Crippen molar-refractivity contribution in [3.8, 4) is 0 Å². The Balaban J connectivity index is 2.31. The van der Waals surface area contributed by atoms with Crippen molar-refractivity contribution in [1.82, 2.24) is 9.78 Å². The lowest BCUT2D eigenvalue weighted by atomic mass is 10.1. The second kappa shape index (κ2) is 6.19. The predicted octanol–water partition coefficient (Wildman–Crippen LogP) is 5.11. The van der Waals surface area contributed by atoms with Gasteiger partial charge in [0.2, 0.25) is 0 Å². The highest BCUT2D eigenvalue weighted by Crippen LogP contribution is 2.33. The zero-order valence-corrected chi connectivity index (χ0v) is 14.5. The Hall–Kier alpha value is -1.000. The fraction of sp³-hybridized carbons (Fsp3) is 0.400. The third-order valence-electron chi connectivity index (χ3n) is 3.49. The van der Waals surface area contributed by atoms with Crippen LogP contribution in [-0.2, 0) is 6.54 Å². The summed E-state index contributed by atoms with van der Waals surface area (Å²) in [6.07, 6.45) is 0. The van der Waals surface area contributed by atoms with Crippen molar-refractivity contribution in [3.05, 3.63) is 44.6 Å². The maximum absolute atomic E-state index is 6.13. The minimum atomic E-state index is 0.171. The number of nitrogens with one attached hydrogen (secondary N) is 1. The standard InChI is InChI=1S/C15H19BrClN3/c1-5-20-11(4)14(10(3)19-20)9(2)18-13-8-6-7-12(17)15(13)16/h6-9,18H,5H2,1-4H3. The van der Waals surface area contributed by atoms with E-state index in [1.165, 1.54) is 11.3 Å². The van der Waals surface area contributed by atoms with E-state index in [2.05, 4.69) is 54.0 Å². The number of hydrogen-bond acceptors (Lipinski definition) is 2. The first kappa shape index (κ1) is 15.4. The Bertz CT molecular complexity index is 622. The summed E-state index contributed by atoms with van der Waals surface area (Å²) in [5.41, 5.74) is 4.53. The van der Waals surface area contributed by atoms with Crippen LogP contribution in [0.15, 0.2) is 22.7 Å². The maximum atomic E-state index is 6.13. The monoisotopic (exact) mass is 355 g/mol. The molecule has 1 aromatic carbocycles. The van der Waals surface area contributed by atoms with E-state index >= 15 is 0 Å². The number of aryl methyl sites for hydroxylation is 2. The average molecular weight is 357 g/mol. The molecule has 0 spiro atoms. The molecule has 0 saturated heterocycles. The van der Waals surface area contributed by atoms with Gasteiger partial charge >= 0.3 is 0 Å². The first-order chi connectivity index (χ1) is 9.45. The average Bonchev–Trinajstić information content (AvgIpc) is 2.69. The number of aromatic nitrogens is 2. The molecule has 0 amide bonds. The molecule has 1 heterocycles. The lowest BCUT2D eigenvalue weighted by molar-refractivity contribution is 0.632. The molecule has 0 saturated carbocycles. The Morgan fingerprint density at radius 2 is 2.10 bits per heavy atom. The van der Waals surface area contributed by atoms with Crippen LogP contribution in [0.5, 0.6) is 0 Å². The van der Waals surface area contributed by atoms with Crippen LogP contribution >= 0.6 is 27.5 Å². The van der Waals surface area contributed by atoms with Crippen molar-refractivity contribution in [2.75, 3.05) is 5.32 Å². The van der Waals surface area contributed by atoms with Crippen molar-refractivity contribution in [2.24, 2.45) is 0 Å². The fourth-order valence-corrected chi connectivity index (χ4v) is 3.12. The molecule has 0 aliphatic carbocycles. The highest BCUT2D eigenvalue weighted by atomic mass is 79.9. The summed E-state index contributed by atoms with van der Waals surface area (Å²) >= 11 is 9.65. The van der Waals surface area contributed by atoms with Crippen molar-refractivity contribution in [1.29, 1.82) is 0 Å². The van der Waals surface area contributed by atoms with Gasteiger partial charge in [0.1, 0.15) is 0 Å². The molecule has 2 rings (SSSR count). The van der Waals surface area contributed by atoms with Crippen LogP contribution < -0.4 is 5.32 Å². The quantitative estimate of drug-likeness (QED) is 0.825. The summed E-state index contributed by atoms with van der Waals surface area (Å²) in [5, 5.41) is 8.78. The molecule has 108 valence electrons. The van der Waals surface area contributed by atoms with Crippen LogP contribution in [0.2, 0.25) is 5.02 Å². The number of rotatable bonds is 4. The summed E-state index contributed by atoms with van der Waals surface area (Å²) in [5.74, 6) is 0. The van der Waals surface area contributed by atoms with E-state index in [1.807, 2.05) is 22.9 Å². The third-order valence-corrected chi connectivity index (χ3v) is 4.89. The van der Waals surface area contributed by atoms with Gasteiger partial charge in [0, 0.05) is 17.8 Å².